The van der Waals surface area contributed by atoms with Crippen LogP contribution in [0.1, 0.15) is 17.2 Å². The third-order valence-corrected chi connectivity index (χ3v) is 2.92. The zero-order chi connectivity index (χ0) is 13.0. The number of hydrogen-bond acceptors (Lipinski definition) is 3. The smallest absolute Gasteiger partial charge is 0.146 e. The van der Waals surface area contributed by atoms with Gasteiger partial charge < -0.3 is 10.6 Å². The summed E-state index contributed by atoms with van der Waals surface area (Å²) >= 11 is 0. The number of benzene rings is 1. The van der Waals surface area contributed by atoms with E-state index in [-0.39, 0.29) is 11.9 Å². The summed E-state index contributed by atoms with van der Waals surface area (Å²) in [4.78, 5) is 4.00. The topological polar surface area (TPSA) is 37.0 Å². The van der Waals surface area contributed by atoms with Gasteiger partial charge in [-0.2, -0.15) is 0 Å². The predicted octanol–water partition coefficient (Wildman–Crippen LogP) is 2.57. The van der Waals surface area contributed by atoms with Gasteiger partial charge in [-0.1, -0.05) is 6.07 Å². The van der Waals surface area contributed by atoms with Crippen molar-refractivity contribution < 1.29 is 4.39 Å². The molecule has 0 aliphatic rings. The average Bonchev–Trinajstić information content (AvgIpc) is 2.42. The lowest BCUT2D eigenvalue weighted by atomic mass is 9.99. The van der Waals surface area contributed by atoms with Gasteiger partial charge in [-0.3, -0.25) is 4.98 Å². The lowest BCUT2D eigenvalue weighted by Crippen LogP contribution is -2.18. The SMILES string of the molecule is CNc1cc(C(NC)c2ccncc2)ccc1F. The number of nitrogens with zero attached hydrogens (tertiary/aromatic N) is 1. The Bertz CT molecular complexity index is 514. The van der Waals surface area contributed by atoms with E-state index in [9.17, 15) is 4.39 Å². The number of anilines is 1. The third kappa shape index (κ3) is 2.49. The molecule has 1 aromatic heterocycles. The molecule has 3 nitrogen and oxygen atoms in total. The summed E-state index contributed by atoms with van der Waals surface area (Å²) in [7, 11) is 3.59. The molecule has 0 radical (unpaired) electrons. The van der Waals surface area contributed by atoms with Crippen LogP contribution < -0.4 is 10.6 Å². The molecule has 4 heteroatoms. The Kier molecular flexibility index (Phi) is 3.89. The van der Waals surface area contributed by atoms with Crippen molar-refractivity contribution in [2.24, 2.45) is 0 Å². The lowest BCUT2D eigenvalue weighted by molar-refractivity contribution is 0.627. The van der Waals surface area contributed by atoms with E-state index in [0.29, 0.717) is 5.69 Å². The summed E-state index contributed by atoms with van der Waals surface area (Å²) in [6.45, 7) is 0. The first-order valence-electron chi connectivity index (χ1n) is 5.80. The van der Waals surface area contributed by atoms with Crippen LogP contribution in [0.4, 0.5) is 10.1 Å². The van der Waals surface area contributed by atoms with E-state index >= 15 is 0 Å². The molecule has 0 amide bonds. The minimum Gasteiger partial charge on any atom is -0.386 e. The number of nitrogens with one attached hydrogen (secondary N) is 2. The Morgan fingerprint density at radius 3 is 2.39 bits per heavy atom. The van der Waals surface area contributed by atoms with Gasteiger partial charge >= 0.3 is 0 Å². The molecule has 0 saturated carbocycles. The van der Waals surface area contributed by atoms with Gasteiger partial charge in [0.05, 0.1) is 11.7 Å². The van der Waals surface area contributed by atoms with Crippen molar-refractivity contribution >= 4 is 5.69 Å². The van der Waals surface area contributed by atoms with Crippen LogP contribution in [0.15, 0.2) is 42.7 Å². The van der Waals surface area contributed by atoms with Crippen LogP contribution in [-0.4, -0.2) is 19.1 Å². The molecule has 1 atom stereocenters. The molecule has 0 bridgehead atoms. The molecule has 0 aliphatic heterocycles. The van der Waals surface area contributed by atoms with Crippen LogP contribution in [0.5, 0.6) is 0 Å². The van der Waals surface area contributed by atoms with Crippen LogP contribution in [0, 0.1) is 5.82 Å². The van der Waals surface area contributed by atoms with Crippen LogP contribution in [0.25, 0.3) is 0 Å². The fourth-order valence-electron chi connectivity index (χ4n) is 2.00. The van der Waals surface area contributed by atoms with Gasteiger partial charge in [0.15, 0.2) is 0 Å². The van der Waals surface area contributed by atoms with Crippen molar-refractivity contribution in [2.45, 2.75) is 6.04 Å². The Hall–Kier alpha value is -1.94. The molecule has 0 spiro atoms. The maximum atomic E-state index is 13.4. The van der Waals surface area contributed by atoms with E-state index in [1.54, 1.807) is 25.5 Å². The minimum atomic E-state index is -0.245. The van der Waals surface area contributed by atoms with E-state index in [0.717, 1.165) is 11.1 Å². The van der Waals surface area contributed by atoms with Gasteiger partial charge in [0, 0.05) is 19.4 Å². The maximum absolute atomic E-state index is 13.4. The minimum absolute atomic E-state index is 0.0284. The highest BCUT2D eigenvalue weighted by molar-refractivity contribution is 5.48. The molecule has 1 heterocycles. The van der Waals surface area contributed by atoms with Gasteiger partial charge in [-0.05, 0) is 42.4 Å². The van der Waals surface area contributed by atoms with Crippen molar-refractivity contribution in [1.29, 1.82) is 0 Å². The molecule has 0 saturated heterocycles. The molecule has 94 valence electrons. The van der Waals surface area contributed by atoms with Crippen molar-refractivity contribution in [1.82, 2.24) is 10.3 Å². The summed E-state index contributed by atoms with van der Waals surface area (Å²) in [5.74, 6) is -0.245. The number of rotatable bonds is 4. The highest BCUT2D eigenvalue weighted by atomic mass is 19.1. The first-order valence-corrected chi connectivity index (χ1v) is 5.80. The van der Waals surface area contributed by atoms with Gasteiger partial charge in [-0.25, -0.2) is 4.39 Å². The highest BCUT2D eigenvalue weighted by Crippen LogP contribution is 2.25. The number of halogens is 1. The van der Waals surface area contributed by atoms with Crippen molar-refractivity contribution in [3.63, 3.8) is 0 Å². The predicted molar refractivity (Wildman–Crippen MR) is 71.1 cm³/mol. The fraction of sp³-hybridized carbons (Fsp3) is 0.214. The number of pyridine rings is 1. The Labute approximate surface area is 106 Å². The first kappa shape index (κ1) is 12.5. The van der Waals surface area contributed by atoms with E-state index in [4.69, 9.17) is 0 Å². The number of hydrogen-bond donors (Lipinski definition) is 2. The quantitative estimate of drug-likeness (QED) is 0.869. The van der Waals surface area contributed by atoms with E-state index in [1.165, 1.54) is 6.07 Å². The van der Waals surface area contributed by atoms with Crippen LogP contribution in [0.2, 0.25) is 0 Å². The van der Waals surface area contributed by atoms with E-state index < -0.39 is 0 Å². The van der Waals surface area contributed by atoms with Crippen LogP contribution in [0.3, 0.4) is 0 Å². The summed E-state index contributed by atoms with van der Waals surface area (Å²) in [5, 5.41) is 6.08. The molecule has 0 aliphatic carbocycles. The van der Waals surface area contributed by atoms with Gasteiger partial charge in [0.1, 0.15) is 5.82 Å². The molecule has 2 N–H and O–H groups in total. The average molecular weight is 245 g/mol. The summed E-state index contributed by atoms with van der Waals surface area (Å²) in [6.07, 6.45) is 3.50. The van der Waals surface area contributed by atoms with Crippen molar-refractivity contribution in [3.05, 3.63) is 59.7 Å². The molecule has 2 rings (SSSR count). The van der Waals surface area contributed by atoms with Crippen LogP contribution >= 0.6 is 0 Å². The molecular formula is C14H16FN3. The Balaban J connectivity index is 2.39. The highest BCUT2D eigenvalue weighted by Gasteiger charge is 2.13. The maximum Gasteiger partial charge on any atom is 0.146 e. The summed E-state index contributed by atoms with van der Waals surface area (Å²) < 4.78 is 13.4. The summed E-state index contributed by atoms with van der Waals surface area (Å²) in [5.41, 5.74) is 2.61. The third-order valence-electron chi connectivity index (χ3n) is 2.92. The zero-order valence-corrected chi connectivity index (χ0v) is 10.4. The monoisotopic (exact) mass is 245 g/mol. The number of aromatic nitrogens is 1. The fourth-order valence-corrected chi connectivity index (χ4v) is 2.00. The van der Waals surface area contributed by atoms with Crippen LogP contribution in [-0.2, 0) is 0 Å². The van der Waals surface area contributed by atoms with Gasteiger partial charge in [0.2, 0.25) is 0 Å². The Morgan fingerprint density at radius 2 is 1.78 bits per heavy atom. The lowest BCUT2D eigenvalue weighted by Gasteiger charge is -2.18. The van der Waals surface area contributed by atoms with Crippen molar-refractivity contribution in [3.8, 4) is 0 Å². The summed E-state index contributed by atoms with van der Waals surface area (Å²) in [6, 6.07) is 9.01. The first-order chi connectivity index (χ1) is 8.76. The van der Waals surface area contributed by atoms with Gasteiger partial charge in [0.25, 0.3) is 0 Å². The Morgan fingerprint density at radius 1 is 1.06 bits per heavy atom. The van der Waals surface area contributed by atoms with E-state index in [1.807, 2.05) is 25.2 Å². The standard InChI is InChI=1S/C14H16FN3/c1-16-13-9-11(3-4-12(13)15)14(17-2)10-5-7-18-8-6-10/h3-9,14,16-17H,1-2H3. The van der Waals surface area contributed by atoms with Crippen molar-refractivity contribution in [2.75, 3.05) is 19.4 Å². The second kappa shape index (κ2) is 5.60. The largest absolute Gasteiger partial charge is 0.386 e. The molecule has 0 fully saturated rings. The normalized spacial score (nSPS) is 12.2. The molecule has 18 heavy (non-hydrogen) atoms. The molecular weight excluding hydrogens is 229 g/mol. The molecule has 1 aromatic carbocycles. The molecule has 2 aromatic rings. The molecule has 1 unspecified atom stereocenters. The zero-order valence-electron chi connectivity index (χ0n) is 10.4. The second-order valence-electron chi connectivity index (χ2n) is 3.99. The second-order valence-corrected chi connectivity index (χ2v) is 3.99. The van der Waals surface area contributed by atoms with E-state index in [2.05, 4.69) is 15.6 Å². The van der Waals surface area contributed by atoms with Gasteiger partial charge in [-0.15, -0.1) is 0 Å².